The van der Waals surface area contributed by atoms with Gasteiger partial charge in [-0.3, -0.25) is 0 Å². The molecule has 1 aromatic rings. The standard InChI is InChI=1S/C17H23BrOSi/c1-5-13-19-14-16(18)12-11-15(2)20(3,4)17-9-7-6-8-10-17/h5-12H,1,13-14H2,2-4H3/b15-11+,16-12-. The van der Waals surface area contributed by atoms with E-state index in [1.165, 1.54) is 10.4 Å². The number of halogens is 1. The molecule has 1 nitrogen and oxygen atoms in total. The van der Waals surface area contributed by atoms with Crippen molar-refractivity contribution in [2.24, 2.45) is 0 Å². The van der Waals surface area contributed by atoms with Crippen LogP contribution in [0.1, 0.15) is 6.92 Å². The molecule has 0 heterocycles. The first-order valence-electron chi connectivity index (χ1n) is 6.76. The molecule has 0 saturated carbocycles. The Bertz CT molecular complexity index is 489. The maximum absolute atomic E-state index is 5.40. The Kier molecular flexibility index (Phi) is 7.20. The summed E-state index contributed by atoms with van der Waals surface area (Å²) >= 11 is 3.53. The number of hydrogen-bond donors (Lipinski definition) is 0. The number of rotatable bonds is 7. The van der Waals surface area contributed by atoms with Crippen molar-refractivity contribution < 1.29 is 4.74 Å². The molecule has 0 unspecified atom stereocenters. The molecule has 0 aliphatic carbocycles. The van der Waals surface area contributed by atoms with E-state index in [1.54, 1.807) is 6.08 Å². The predicted molar refractivity (Wildman–Crippen MR) is 95.3 cm³/mol. The van der Waals surface area contributed by atoms with Crippen LogP contribution in [0.4, 0.5) is 0 Å². The first kappa shape index (κ1) is 17.1. The Hall–Kier alpha value is -0.903. The summed E-state index contributed by atoms with van der Waals surface area (Å²) in [7, 11) is -1.55. The zero-order chi connectivity index (χ0) is 15.0. The van der Waals surface area contributed by atoms with Gasteiger partial charge < -0.3 is 4.74 Å². The summed E-state index contributed by atoms with van der Waals surface area (Å²) < 4.78 is 6.45. The lowest BCUT2D eigenvalue weighted by atomic mass is 10.4. The second kappa shape index (κ2) is 8.40. The van der Waals surface area contributed by atoms with E-state index in [1.807, 2.05) is 0 Å². The predicted octanol–water partition coefficient (Wildman–Crippen LogP) is 4.57. The minimum atomic E-state index is -1.55. The fraction of sp³-hybridized carbons (Fsp3) is 0.294. The van der Waals surface area contributed by atoms with Crippen molar-refractivity contribution in [2.45, 2.75) is 20.0 Å². The quantitative estimate of drug-likeness (QED) is 0.303. The minimum Gasteiger partial charge on any atom is -0.372 e. The van der Waals surface area contributed by atoms with Crippen LogP contribution in [0.3, 0.4) is 0 Å². The topological polar surface area (TPSA) is 9.23 Å². The molecule has 0 atom stereocenters. The van der Waals surface area contributed by atoms with Crippen molar-refractivity contribution in [3.05, 3.63) is 64.8 Å². The molecule has 1 rings (SSSR count). The van der Waals surface area contributed by atoms with E-state index < -0.39 is 8.07 Å². The van der Waals surface area contributed by atoms with Gasteiger partial charge in [-0.2, -0.15) is 0 Å². The van der Waals surface area contributed by atoms with Gasteiger partial charge in [0.1, 0.15) is 8.07 Å². The van der Waals surface area contributed by atoms with Crippen molar-refractivity contribution in [1.29, 1.82) is 0 Å². The zero-order valence-corrected chi connectivity index (χ0v) is 15.1. The monoisotopic (exact) mass is 350 g/mol. The van der Waals surface area contributed by atoms with E-state index in [0.29, 0.717) is 13.2 Å². The van der Waals surface area contributed by atoms with Gasteiger partial charge in [-0.25, -0.2) is 0 Å². The summed E-state index contributed by atoms with van der Waals surface area (Å²) in [6.07, 6.45) is 6.06. The third kappa shape index (κ3) is 5.23. The summed E-state index contributed by atoms with van der Waals surface area (Å²) in [4.78, 5) is 0. The van der Waals surface area contributed by atoms with Gasteiger partial charge in [-0.15, -0.1) is 6.58 Å². The lowest BCUT2D eigenvalue weighted by Crippen LogP contribution is -2.42. The van der Waals surface area contributed by atoms with Crippen molar-refractivity contribution in [1.82, 2.24) is 0 Å². The van der Waals surface area contributed by atoms with Gasteiger partial charge in [-0.05, 0) is 6.92 Å². The lowest BCUT2D eigenvalue weighted by Gasteiger charge is -2.24. The molecule has 1 aromatic carbocycles. The van der Waals surface area contributed by atoms with Crippen LogP contribution in [0, 0.1) is 0 Å². The van der Waals surface area contributed by atoms with Crippen molar-refractivity contribution in [3.63, 3.8) is 0 Å². The summed E-state index contributed by atoms with van der Waals surface area (Å²) in [5.74, 6) is 0. The molecule has 0 aliphatic rings. The molecule has 0 spiro atoms. The molecule has 0 saturated heterocycles. The number of hydrogen-bond acceptors (Lipinski definition) is 1. The molecule has 108 valence electrons. The van der Waals surface area contributed by atoms with Crippen LogP contribution in [-0.4, -0.2) is 21.3 Å². The molecular weight excluding hydrogens is 328 g/mol. The fourth-order valence-corrected chi connectivity index (χ4v) is 4.07. The van der Waals surface area contributed by atoms with Crippen LogP contribution in [0.15, 0.2) is 64.8 Å². The summed E-state index contributed by atoms with van der Waals surface area (Å²) in [5.41, 5.74) is 0. The molecule has 3 heteroatoms. The smallest absolute Gasteiger partial charge is 0.107 e. The van der Waals surface area contributed by atoms with E-state index in [4.69, 9.17) is 4.74 Å². The average molecular weight is 351 g/mol. The van der Waals surface area contributed by atoms with E-state index >= 15 is 0 Å². The Morgan fingerprint density at radius 3 is 2.50 bits per heavy atom. The highest BCUT2D eigenvalue weighted by atomic mass is 79.9. The molecule has 0 aliphatic heterocycles. The van der Waals surface area contributed by atoms with Gasteiger partial charge >= 0.3 is 0 Å². The summed E-state index contributed by atoms with van der Waals surface area (Å²) in [6, 6.07) is 10.8. The first-order valence-corrected chi connectivity index (χ1v) is 10.6. The van der Waals surface area contributed by atoms with Gasteiger partial charge in [0.2, 0.25) is 0 Å². The highest BCUT2D eigenvalue weighted by molar-refractivity contribution is 9.11. The van der Waals surface area contributed by atoms with Crippen molar-refractivity contribution in [2.75, 3.05) is 13.2 Å². The molecule has 0 N–H and O–H groups in total. The molecule has 0 amide bonds. The Labute approximate surface area is 132 Å². The van der Waals surface area contributed by atoms with Gasteiger partial charge in [0.15, 0.2) is 0 Å². The third-order valence-corrected chi connectivity index (χ3v) is 7.88. The van der Waals surface area contributed by atoms with Crippen molar-refractivity contribution >= 4 is 29.2 Å². The number of benzene rings is 1. The van der Waals surface area contributed by atoms with Crippen LogP contribution in [-0.2, 0) is 4.74 Å². The van der Waals surface area contributed by atoms with Crippen LogP contribution < -0.4 is 5.19 Å². The van der Waals surface area contributed by atoms with Gasteiger partial charge in [-0.1, -0.05) is 88.0 Å². The molecular formula is C17H23BrOSi. The van der Waals surface area contributed by atoms with E-state index in [2.05, 4.69) is 85.0 Å². The lowest BCUT2D eigenvalue weighted by molar-refractivity contribution is 0.192. The highest BCUT2D eigenvalue weighted by Gasteiger charge is 2.24. The molecule has 0 radical (unpaired) electrons. The van der Waals surface area contributed by atoms with Gasteiger partial charge in [0.05, 0.1) is 13.2 Å². The SMILES string of the molecule is C=CCOC/C(Br)=C/C=C(\C)[Si](C)(C)c1ccccc1. The van der Waals surface area contributed by atoms with E-state index in [-0.39, 0.29) is 0 Å². The van der Waals surface area contributed by atoms with E-state index in [0.717, 1.165) is 4.48 Å². The Morgan fingerprint density at radius 2 is 1.90 bits per heavy atom. The van der Waals surface area contributed by atoms with E-state index in [9.17, 15) is 0 Å². The fourth-order valence-electron chi connectivity index (χ4n) is 1.79. The summed E-state index contributed by atoms with van der Waals surface area (Å²) in [6.45, 7) is 11.8. The highest BCUT2D eigenvalue weighted by Crippen LogP contribution is 2.16. The van der Waals surface area contributed by atoms with Crippen LogP contribution in [0.25, 0.3) is 0 Å². The molecule has 0 aromatic heterocycles. The maximum Gasteiger partial charge on any atom is 0.107 e. The molecule has 20 heavy (non-hydrogen) atoms. The normalized spacial score (nSPS) is 13.4. The molecule has 0 bridgehead atoms. The number of ether oxygens (including phenoxy) is 1. The Morgan fingerprint density at radius 1 is 1.25 bits per heavy atom. The first-order chi connectivity index (χ1) is 9.48. The largest absolute Gasteiger partial charge is 0.372 e. The second-order valence-corrected chi connectivity index (χ2v) is 10.9. The van der Waals surface area contributed by atoms with Gasteiger partial charge in [0, 0.05) is 4.48 Å². The zero-order valence-electron chi connectivity index (χ0n) is 12.5. The second-order valence-electron chi connectivity index (χ2n) is 5.26. The molecule has 0 fully saturated rings. The summed E-state index contributed by atoms with van der Waals surface area (Å²) in [5, 5.41) is 2.91. The number of allylic oxidation sites excluding steroid dienone is 3. The Balaban J connectivity index is 2.77. The van der Waals surface area contributed by atoms with Crippen molar-refractivity contribution in [3.8, 4) is 0 Å². The minimum absolute atomic E-state index is 0.579. The van der Waals surface area contributed by atoms with Crippen LogP contribution in [0.2, 0.25) is 13.1 Å². The van der Waals surface area contributed by atoms with Gasteiger partial charge in [0.25, 0.3) is 0 Å². The third-order valence-electron chi connectivity index (χ3n) is 3.47. The van der Waals surface area contributed by atoms with Crippen LogP contribution >= 0.6 is 15.9 Å². The average Bonchev–Trinajstić information content (AvgIpc) is 2.46. The van der Waals surface area contributed by atoms with Crippen LogP contribution in [0.5, 0.6) is 0 Å². The maximum atomic E-state index is 5.40.